The van der Waals surface area contributed by atoms with Crippen LogP contribution in [-0.4, -0.2) is 33.1 Å². The van der Waals surface area contributed by atoms with Crippen LogP contribution in [0.15, 0.2) is 57.2 Å². The summed E-state index contributed by atoms with van der Waals surface area (Å²) in [5.74, 6) is -0.817. The Morgan fingerprint density at radius 1 is 1.25 bits per heavy atom. The average molecular weight is 343 g/mol. The zero-order valence-corrected chi connectivity index (χ0v) is 13.2. The summed E-state index contributed by atoms with van der Waals surface area (Å²) < 4.78 is 5.49. The van der Waals surface area contributed by atoms with Crippen molar-refractivity contribution in [2.24, 2.45) is 5.10 Å². The molecule has 1 heterocycles. The zero-order chi connectivity index (χ0) is 16.9. The summed E-state index contributed by atoms with van der Waals surface area (Å²) >= 11 is 1.15. The molecule has 7 nitrogen and oxygen atoms in total. The van der Waals surface area contributed by atoms with Crippen molar-refractivity contribution in [3.05, 3.63) is 48.0 Å². The van der Waals surface area contributed by atoms with Crippen molar-refractivity contribution in [2.45, 2.75) is 5.22 Å². The first-order valence-corrected chi connectivity index (χ1v) is 7.93. The Balaban J connectivity index is 1.54. The topological polar surface area (TPSA) is 108 Å². The molecule has 0 fully saturated rings. The van der Waals surface area contributed by atoms with Gasteiger partial charge in [-0.25, -0.2) is 10.4 Å². The number of hydrogen-bond acceptors (Lipinski definition) is 7. The number of aromatic nitrogens is 1. The fourth-order valence-corrected chi connectivity index (χ4v) is 2.53. The molecule has 0 aliphatic rings. The van der Waals surface area contributed by atoms with E-state index in [9.17, 15) is 15.0 Å². The third kappa shape index (κ3) is 3.66. The number of nitrogens with one attached hydrogen (secondary N) is 1. The van der Waals surface area contributed by atoms with Gasteiger partial charge in [0.05, 0.1) is 12.0 Å². The molecule has 0 atom stereocenters. The predicted molar refractivity (Wildman–Crippen MR) is 90.2 cm³/mol. The second-order valence-electron chi connectivity index (χ2n) is 4.74. The largest absolute Gasteiger partial charge is 0.504 e. The summed E-state index contributed by atoms with van der Waals surface area (Å²) in [5, 5.41) is 23.1. The molecule has 1 amide bonds. The van der Waals surface area contributed by atoms with Crippen molar-refractivity contribution in [1.29, 1.82) is 0 Å². The normalized spacial score (nSPS) is 11.2. The highest BCUT2D eigenvalue weighted by Crippen LogP contribution is 2.26. The van der Waals surface area contributed by atoms with Gasteiger partial charge in [0.2, 0.25) is 0 Å². The molecule has 0 unspecified atom stereocenters. The van der Waals surface area contributed by atoms with Gasteiger partial charge in [0, 0.05) is 5.56 Å². The highest BCUT2D eigenvalue weighted by molar-refractivity contribution is 7.99. The van der Waals surface area contributed by atoms with E-state index in [4.69, 9.17) is 4.42 Å². The van der Waals surface area contributed by atoms with E-state index in [2.05, 4.69) is 15.5 Å². The molecule has 0 bridgehead atoms. The Bertz CT molecular complexity index is 874. The van der Waals surface area contributed by atoms with Gasteiger partial charge < -0.3 is 14.6 Å². The van der Waals surface area contributed by atoms with Crippen LogP contribution < -0.4 is 5.43 Å². The Kier molecular flexibility index (Phi) is 4.66. The number of carbonyl (C=O) groups is 1. The van der Waals surface area contributed by atoms with Crippen molar-refractivity contribution in [1.82, 2.24) is 10.4 Å². The number of oxazole rings is 1. The number of phenols is 2. The van der Waals surface area contributed by atoms with Crippen molar-refractivity contribution in [3.8, 4) is 11.5 Å². The number of para-hydroxylation sites is 3. The lowest BCUT2D eigenvalue weighted by Gasteiger charge is -2.01. The molecular formula is C16H13N3O4S. The monoisotopic (exact) mass is 343 g/mol. The molecule has 0 aliphatic heterocycles. The molecule has 1 aromatic heterocycles. The first-order chi connectivity index (χ1) is 11.6. The molecule has 0 spiro atoms. The minimum Gasteiger partial charge on any atom is -0.504 e. The standard InChI is InChI=1S/C16H13N3O4S/c20-12-6-3-4-10(15(12)22)8-17-19-14(21)9-24-16-18-11-5-1-2-7-13(11)23-16/h1-8,20,22H,9H2,(H,19,21)/b17-8+. The fourth-order valence-electron chi connectivity index (χ4n) is 1.90. The second-order valence-corrected chi connectivity index (χ2v) is 5.67. The maximum Gasteiger partial charge on any atom is 0.257 e. The van der Waals surface area contributed by atoms with Crippen LogP contribution in [0.5, 0.6) is 11.5 Å². The molecular weight excluding hydrogens is 330 g/mol. The van der Waals surface area contributed by atoms with Crippen LogP contribution in [0, 0.1) is 0 Å². The molecule has 3 aromatic rings. The molecule has 122 valence electrons. The van der Waals surface area contributed by atoms with Gasteiger partial charge >= 0.3 is 0 Å². The van der Waals surface area contributed by atoms with E-state index in [1.165, 1.54) is 12.3 Å². The summed E-state index contributed by atoms with van der Waals surface area (Å²) in [6.07, 6.45) is 1.25. The van der Waals surface area contributed by atoms with Crippen molar-refractivity contribution < 1.29 is 19.4 Å². The van der Waals surface area contributed by atoms with Gasteiger partial charge in [-0.15, -0.1) is 0 Å². The van der Waals surface area contributed by atoms with E-state index in [-0.39, 0.29) is 23.2 Å². The van der Waals surface area contributed by atoms with E-state index in [0.29, 0.717) is 16.4 Å². The van der Waals surface area contributed by atoms with Crippen LogP contribution in [0.2, 0.25) is 0 Å². The van der Waals surface area contributed by atoms with Gasteiger partial charge in [-0.1, -0.05) is 30.0 Å². The van der Waals surface area contributed by atoms with Crippen molar-refractivity contribution in [2.75, 3.05) is 5.75 Å². The van der Waals surface area contributed by atoms with Crippen LogP contribution in [0.3, 0.4) is 0 Å². The molecule has 3 N–H and O–H groups in total. The Hall–Kier alpha value is -3.00. The number of benzene rings is 2. The van der Waals surface area contributed by atoms with Crippen LogP contribution in [0.1, 0.15) is 5.56 Å². The Morgan fingerprint density at radius 2 is 2.08 bits per heavy atom. The Morgan fingerprint density at radius 3 is 2.92 bits per heavy atom. The second kappa shape index (κ2) is 7.05. The van der Waals surface area contributed by atoms with Gasteiger partial charge in [0.15, 0.2) is 17.1 Å². The lowest BCUT2D eigenvalue weighted by Crippen LogP contribution is -2.19. The molecule has 24 heavy (non-hydrogen) atoms. The maximum atomic E-state index is 11.7. The van der Waals surface area contributed by atoms with Crippen LogP contribution in [-0.2, 0) is 4.79 Å². The van der Waals surface area contributed by atoms with Crippen molar-refractivity contribution >= 4 is 35.0 Å². The smallest absolute Gasteiger partial charge is 0.257 e. The average Bonchev–Trinajstić information content (AvgIpc) is 3.00. The molecule has 0 saturated heterocycles. The summed E-state index contributed by atoms with van der Waals surface area (Å²) in [5.41, 5.74) is 4.02. The number of amides is 1. The van der Waals surface area contributed by atoms with E-state index in [0.717, 1.165) is 17.3 Å². The quantitative estimate of drug-likeness (QED) is 0.284. The summed E-state index contributed by atoms with van der Waals surface area (Å²) in [7, 11) is 0. The number of aromatic hydroxyl groups is 2. The van der Waals surface area contributed by atoms with Gasteiger partial charge in [0.1, 0.15) is 5.52 Å². The number of hydrogen-bond donors (Lipinski definition) is 3. The van der Waals surface area contributed by atoms with E-state index < -0.39 is 0 Å². The van der Waals surface area contributed by atoms with E-state index >= 15 is 0 Å². The van der Waals surface area contributed by atoms with Crippen LogP contribution in [0.4, 0.5) is 0 Å². The van der Waals surface area contributed by atoms with Crippen LogP contribution >= 0.6 is 11.8 Å². The number of thioether (sulfide) groups is 1. The fraction of sp³-hybridized carbons (Fsp3) is 0.0625. The predicted octanol–water partition coefficient (Wildman–Crippen LogP) is 2.48. The third-order valence-electron chi connectivity index (χ3n) is 3.04. The summed E-state index contributed by atoms with van der Waals surface area (Å²) in [6, 6.07) is 11.8. The molecule has 8 heteroatoms. The molecule has 0 aliphatic carbocycles. The Labute approximate surface area is 141 Å². The van der Waals surface area contributed by atoms with Crippen LogP contribution in [0.25, 0.3) is 11.1 Å². The lowest BCUT2D eigenvalue weighted by atomic mass is 10.2. The van der Waals surface area contributed by atoms with Gasteiger partial charge in [-0.2, -0.15) is 5.10 Å². The first-order valence-electron chi connectivity index (χ1n) is 6.95. The molecule has 0 saturated carbocycles. The SMILES string of the molecule is O=C(CSc1nc2ccccc2o1)N/N=C/c1cccc(O)c1O. The minimum absolute atomic E-state index is 0.0795. The van der Waals surface area contributed by atoms with Gasteiger partial charge in [-0.05, 0) is 24.3 Å². The molecule has 0 radical (unpaired) electrons. The third-order valence-corrected chi connectivity index (χ3v) is 3.87. The van der Waals surface area contributed by atoms with Crippen molar-refractivity contribution in [3.63, 3.8) is 0 Å². The lowest BCUT2D eigenvalue weighted by molar-refractivity contribution is -0.118. The number of carbonyl (C=O) groups excluding carboxylic acids is 1. The summed E-state index contributed by atoms with van der Waals surface area (Å²) in [6.45, 7) is 0. The number of nitrogens with zero attached hydrogens (tertiary/aromatic N) is 2. The number of phenolic OH excluding ortho intramolecular Hbond substituents is 2. The first kappa shape index (κ1) is 15.9. The highest BCUT2D eigenvalue weighted by atomic mass is 32.2. The summed E-state index contributed by atoms with van der Waals surface area (Å²) in [4.78, 5) is 16.0. The maximum absolute atomic E-state index is 11.7. The van der Waals surface area contributed by atoms with E-state index in [1.54, 1.807) is 18.2 Å². The van der Waals surface area contributed by atoms with Gasteiger partial charge in [-0.3, -0.25) is 4.79 Å². The van der Waals surface area contributed by atoms with E-state index in [1.807, 2.05) is 18.2 Å². The van der Waals surface area contributed by atoms with Gasteiger partial charge in [0.25, 0.3) is 11.1 Å². The highest BCUT2D eigenvalue weighted by Gasteiger charge is 2.08. The number of fused-ring (bicyclic) bond motifs is 1. The zero-order valence-electron chi connectivity index (χ0n) is 12.3. The number of hydrazone groups is 1. The molecule has 3 rings (SSSR count). The minimum atomic E-state index is -0.349. The number of rotatable bonds is 5. The molecule has 2 aromatic carbocycles.